The summed E-state index contributed by atoms with van der Waals surface area (Å²) >= 11 is 0. The molecule has 0 aliphatic heterocycles. The maximum Gasteiger partial charge on any atom is 0.0819 e. The van der Waals surface area contributed by atoms with Gasteiger partial charge in [0.25, 0.3) is 0 Å². The molecule has 0 spiro atoms. The zero-order valence-corrected chi connectivity index (χ0v) is 11.3. The molecule has 0 saturated heterocycles. The van der Waals surface area contributed by atoms with Crippen LogP contribution >= 0.6 is 0 Å². The van der Waals surface area contributed by atoms with Gasteiger partial charge in [-0.3, -0.25) is 5.10 Å². The molecule has 21 heavy (non-hydrogen) atoms. The lowest BCUT2D eigenvalue weighted by molar-refractivity contribution is 1.12. The average Bonchev–Trinajstić information content (AvgIpc) is 3.04. The molecule has 0 amide bonds. The van der Waals surface area contributed by atoms with E-state index < -0.39 is 0 Å². The summed E-state index contributed by atoms with van der Waals surface area (Å²) in [6.07, 6.45) is 1.83. The number of aromatic nitrogens is 3. The van der Waals surface area contributed by atoms with E-state index in [1.54, 1.807) is 0 Å². The van der Waals surface area contributed by atoms with Crippen molar-refractivity contribution in [2.75, 3.05) is 0 Å². The van der Waals surface area contributed by atoms with Gasteiger partial charge in [-0.1, -0.05) is 60.7 Å². The van der Waals surface area contributed by atoms with Gasteiger partial charge >= 0.3 is 0 Å². The number of pyridine rings is 1. The highest BCUT2D eigenvalue weighted by Gasteiger charge is 2.10. The predicted molar refractivity (Wildman–Crippen MR) is 84.8 cm³/mol. The van der Waals surface area contributed by atoms with E-state index in [0.29, 0.717) is 0 Å². The number of hydrogen-bond acceptors (Lipinski definition) is 2. The highest BCUT2D eigenvalue weighted by Crippen LogP contribution is 2.29. The van der Waals surface area contributed by atoms with Gasteiger partial charge in [-0.05, 0) is 6.07 Å². The summed E-state index contributed by atoms with van der Waals surface area (Å²) in [5.74, 6) is 0. The Labute approximate surface area is 122 Å². The number of fused-ring (bicyclic) bond motifs is 1. The van der Waals surface area contributed by atoms with E-state index in [-0.39, 0.29) is 0 Å². The van der Waals surface area contributed by atoms with Gasteiger partial charge in [-0.25, -0.2) is 4.98 Å². The maximum absolute atomic E-state index is 4.85. The van der Waals surface area contributed by atoms with Crippen LogP contribution in [0.2, 0.25) is 0 Å². The van der Waals surface area contributed by atoms with Crippen molar-refractivity contribution in [3.8, 4) is 22.5 Å². The van der Waals surface area contributed by atoms with E-state index >= 15 is 0 Å². The van der Waals surface area contributed by atoms with Crippen LogP contribution < -0.4 is 0 Å². The van der Waals surface area contributed by atoms with Crippen molar-refractivity contribution in [3.05, 3.63) is 72.9 Å². The Morgan fingerprint density at radius 2 is 1.43 bits per heavy atom. The fraction of sp³-hybridized carbons (Fsp3) is 0. The fourth-order valence-electron chi connectivity index (χ4n) is 2.52. The second kappa shape index (κ2) is 4.87. The minimum atomic E-state index is 0.950. The topological polar surface area (TPSA) is 41.6 Å². The van der Waals surface area contributed by atoms with Crippen molar-refractivity contribution in [3.63, 3.8) is 0 Å². The van der Waals surface area contributed by atoms with Crippen LogP contribution in [0, 0.1) is 0 Å². The SMILES string of the molecule is c1ccc(-c2cc3[nH]ncc3c(-c3ccccc3)n2)cc1. The first-order valence-corrected chi connectivity index (χ1v) is 6.87. The molecular weight excluding hydrogens is 258 g/mol. The number of H-pyrrole nitrogens is 1. The normalized spacial score (nSPS) is 10.9. The van der Waals surface area contributed by atoms with E-state index in [2.05, 4.69) is 34.5 Å². The van der Waals surface area contributed by atoms with Gasteiger partial charge in [0.2, 0.25) is 0 Å². The van der Waals surface area contributed by atoms with E-state index in [1.807, 2.05) is 48.7 Å². The summed E-state index contributed by atoms with van der Waals surface area (Å²) < 4.78 is 0. The Morgan fingerprint density at radius 1 is 0.762 bits per heavy atom. The lowest BCUT2D eigenvalue weighted by Crippen LogP contribution is -1.89. The number of nitrogens with one attached hydrogen (secondary N) is 1. The Bertz CT molecular complexity index is 880. The minimum Gasteiger partial charge on any atom is -0.278 e. The van der Waals surface area contributed by atoms with Crippen LogP contribution in [-0.2, 0) is 0 Å². The van der Waals surface area contributed by atoms with Crippen molar-refractivity contribution >= 4 is 10.9 Å². The largest absolute Gasteiger partial charge is 0.278 e. The monoisotopic (exact) mass is 271 g/mol. The number of rotatable bonds is 2. The van der Waals surface area contributed by atoms with Crippen LogP contribution in [0.5, 0.6) is 0 Å². The molecule has 0 unspecified atom stereocenters. The van der Waals surface area contributed by atoms with Crippen LogP contribution in [0.4, 0.5) is 0 Å². The minimum absolute atomic E-state index is 0.950. The highest BCUT2D eigenvalue weighted by atomic mass is 15.1. The molecule has 1 N–H and O–H groups in total. The van der Waals surface area contributed by atoms with Crippen molar-refractivity contribution < 1.29 is 0 Å². The van der Waals surface area contributed by atoms with Crippen LogP contribution in [0.25, 0.3) is 33.4 Å². The molecule has 2 aromatic heterocycles. The zero-order chi connectivity index (χ0) is 14.1. The molecule has 3 nitrogen and oxygen atoms in total. The fourth-order valence-corrected chi connectivity index (χ4v) is 2.52. The molecule has 0 atom stereocenters. The van der Waals surface area contributed by atoms with Gasteiger partial charge in [-0.15, -0.1) is 0 Å². The molecule has 0 bridgehead atoms. The highest BCUT2D eigenvalue weighted by molar-refractivity contribution is 5.94. The summed E-state index contributed by atoms with van der Waals surface area (Å²) in [4.78, 5) is 4.85. The lowest BCUT2D eigenvalue weighted by atomic mass is 10.1. The van der Waals surface area contributed by atoms with E-state index in [1.165, 1.54) is 0 Å². The molecule has 4 rings (SSSR count). The van der Waals surface area contributed by atoms with Gasteiger partial charge in [0.05, 0.1) is 23.1 Å². The van der Waals surface area contributed by atoms with Crippen LogP contribution in [0.3, 0.4) is 0 Å². The quantitative estimate of drug-likeness (QED) is 0.591. The van der Waals surface area contributed by atoms with Crippen LogP contribution in [0.15, 0.2) is 72.9 Å². The Morgan fingerprint density at radius 3 is 2.14 bits per heavy atom. The maximum atomic E-state index is 4.85. The lowest BCUT2D eigenvalue weighted by Gasteiger charge is -2.07. The van der Waals surface area contributed by atoms with E-state index in [9.17, 15) is 0 Å². The first-order valence-electron chi connectivity index (χ1n) is 6.87. The van der Waals surface area contributed by atoms with Crippen LogP contribution in [-0.4, -0.2) is 15.2 Å². The smallest absolute Gasteiger partial charge is 0.0819 e. The molecule has 2 heterocycles. The Hall–Kier alpha value is -2.94. The van der Waals surface area contributed by atoms with Gasteiger partial charge in [0.15, 0.2) is 0 Å². The van der Waals surface area contributed by atoms with Crippen molar-refractivity contribution in [1.29, 1.82) is 0 Å². The number of benzene rings is 2. The summed E-state index contributed by atoms with van der Waals surface area (Å²) in [5, 5.41) is 8.25. The van der Waals surface area contributed by atoms with Crippen molar-refractivity contribution in [2.24, 2.45) is 0 Å². The molecular formula is C18H13N3. The summed E-state index contributed by atoms with van der Waals surface area (Å²) in [6.45, 7) is 0. The zero-order valence-electron chi connectivity index (χ0n) is 11.3. The third-order valence-corrected chi connectivity index (χ3v) is 3.55. The third kappa shape index (κ3) is 2.09. The Balaban J connectivity index is 2.00. The first-order chi connectivity index (χ1) is 10.4. The van der Waals surface area contributed by atoms with E-state index in [0.717, 1.165) is 33.4 Å². The second-order valence-corrected chi connectivity index (χ2v) is 4.92. The molecule has 0 aliphatic rings. The molecule has 2 aromatic carbocycles. The van der Waals surface area contributed by atoms with Gasteiger partial charge in [-0.2, -0.15) is 5.10 Å². The molecule has 0 saturated carbocycles. The van der Waals surface area contributed by atoms with E-state index in [4.69, 9.17) is 4.98 Å². The third-order valence-electron chi connectivity index (χ3n) is 3.55. The summed E-state index contributed by atoms with van der Waals surface area (Å²) in [5.41, 5.74) is 5.11. The molecule has 0 aliphatic carbocycles. The van der Waals surface area contributed by atoms with Gasteiger partial charge in [0, 0.05) is 16.5 Å². The average molecular weight is 271 g/mol. The van der Waals surface area contributed by atoms with Gasteiger partial charge < -0.3 is 0 Å². The number of aromatic amines is 1. The molecule has 0 fully saturated rings. The standard InChI is InChI=1S/C18H13N3/c1-3-7-13(8-4-1)16-11-17-15(12-19-21-17)18(20-16)14-9-5-2-6-10-14/h1-12H,(H,19,21). The number of hydrogen-bond donors (Lipinski definition) is 1. The molecule has 100 valence electrons. The van der Waals surface area contributed by atoms with Gasteiger partial charge in [0.1, 0.15) is 0 Å². The summed E-state index contributed by atoms with van der Waals surface area (Å²) in [7, 11) is 0. The van der Waals surface area contributed by atoms with Crippen LogP contribution in [0.1, 0.15) is 0 Å². The Kier molecular flexibility index (Phi) is 2.75. The predicted octanol–water partition coefficient (Wildman–Crippen LogP) is 4.29. The first kappa shape index (κ1) is 11.9. The summed E-state index contributed by atoms with van der Waals surface area (Å²) in [6, 6.07) is 22.5. The number of nitrogens with zero attached hydrogens (tertiary/aromatic N) is 2. The van der Waals surface area contributed by atoms with Crippen molar-refractivity contribution in [1.82, 2.24) is 15.2 Å². The van der Waals surface area contributed by atoms with Crippen molar-refractivity contribution in [2.45, 2.75) is 0 Å². The molecule has 0 radical (unpaired) electrons. The molecule has 4 aromatic rings. The second-order valence-electron chi connectivity index (χ2n) is 4.92. The molecule has 3 heteroatoms.